The molecule has 0 N–H and O–H groups in total. The van der Waals surface area contributed by atoms with Crippen molar-refractivity contribution in [3.8, 4) is 5.75 Å². The fourth-order valence-corrected chi connectivity index (χ4v) is 4.29. The summed E-state index contributed by atoms with van der Waals surface area (Å²) in [6.45, 7) is 4.37. The monoisotopic (exact) mass is 466 g/mol. The number of rotatable bonds is 7. The van der Waals surface area contributed by atoms with Crippen LogP contribution in [0.3, 0.4) is 0 Å². The van der Waals surface area contributed by atoms with Crippen molar-refractivity contribution >= 4 is 46.2 Å². The number of carbonyl (C=O) groups is 1. The van der Waals surface area contributed by atoms with E-state index in [1.165, 1.54) is 11.8 Å². The van der Waals surface area contributed by atoms with E-state index < -0.39 is 0 Å². The summed E-state index contributed by atoms with van der Waals surface area (Å²) in [5, 5.41) is 1.12. The average molecular weight is 467 g/mol. The largest absolute Gasteiger partial charge is 0.489 e. The van der Waals surface area contributed by atoms with Gasteiger partial charge in [-0.3, -0.25) is 9.69 Å². The van der Waals surface area contributed by atoms with Crippen LogP contribution in [0.4, 0.5) is 5.69 Å². The van der Waals surface area contributed by atoms with E-state index in [4.69, 9.17) is 25.7 Å². The molecule has 0 aliphatic carbocycles. The van der Waals surface area contributed by atoms with E-state index in [1.807, 2.05) is 67.6 Å². The maximum Gasteiger partial charge on any atom is 0.267 e. The predicted octanol–water partition coefficient (Wildman–Crippen LogP) is 6.91. The molecule has 7 heteroatoms. The second-order valence-corrected chi connectivity index (χ2v) is 8.75. The lowest BCUT2D eigenvalue weighted by Crippen LogP contribution is -2.28. The summed E-state index contributed by atoms with van der Waals surface area (Å²) in [6, 6.07) is 18.8. The molecule has 0 saturated carbocycles. The lowest BCUT2D eigenvalue weighted by Gasteiger charge is -2.14. The SMILES string of the molecule is CCC(C)Oc1ccc(/C=C2\SC(=Nc3ccccc3)N(Cc3ccco3)C2=O)cc1Cl. The van der Waals surface area contributed by atoms with E-state index in [9.17, 15) is 4.79 Å². The summed E-state index contributed by atoms with van der Waals surface area (Å²) in [5.41, 5.74) is 1.60. The molecule has 1 aliphatic rings. The third kappa shape index (κ3) is 5.26. The maximum absolute atomic E-state index is 13.2. The van der Waals surface area contributed by atoms with Gasteiger partial charge < -0.3 is 9.15 Å². The molecular weight excluding hydrogens is 444 g/mol. The predicted molar refractivity (Wildman–Crippen MR) is 130 cm³/mol. The van der Waals surface area contributed by atoms with E-state index in [0.29, 0.717) is 33.1 Å². The van der Waals surface area contributed by atoms with Crippen LogP contribution in [0.25, 0.3) is 6.08 Å². The van der Waals surface area contributed by atoms with Crippen LogP contribution in [0.1, 0.15) is 31.6 Å². The number of ether oxygens (including phenoxy) is 1. The Morgan fingerprint density at radius 2 is 2.00 bits per heavy atom. The van der Waals surface area contributed by atoms with Crippen molar-refractivity contribution in [2.24, 2.45) is 4.99 Å². The topological polar surface area (TPSA) is 55.0 Å². The molecule has 1 aliphatic heterocycles. The number of benzene rings is 2. The Morgan fingerprint density at radius 1 is 1.19 bits per heavy atom. The average Bonchev–Trinajstić information content (AvgIpc) is 3.41. The molecule has 2 aromatic carbocycles. The van der Waals surface area contributed by atoms with Gasteiger partial charge in [-0.15, -0.1) is 0 Å². The lowest BCUT2D eigenvalue weighted by atomic mass is 10.2. The van der Waals surface area contributed by atoms with Crippen LogP contribution >= 0.6 is 23.4 Å². The van der Waals surface area contributed by atoms with Gasteiger partial charge in [0, 0.05) is 0 Å². The van der Waals surface area contributed by atoms with Crippen LogP contribution in [0.15, 0.2) is 81.2 Å². The van der Waals surface area contributed by atoms with E-state index in [2.05, 4.69) is 6.92 Å². The summed E-state index contributed by atoms with van der Waals surface area (Å²) in [4.78, 5) is 20.1. The fourth-order valence-electron chi connectivity index (χ4n) is 3.06. The number of nitrogens with zero attached hydrogens (tertiary/aromatic N) is 2. The van der Waals surface area contributed by atoms with Crippen molar-refractivity contribution in [2.45, 2.75) is 32.9 Å². The highest BCUT2D eigenvalue weighted by Gasteiger charge is 2.34. The molecule has 1 fully saturated rings. The highest BCUT2D eigenvalue weighted by molar-refractivity contribution is 8.18. The number of amidine groups is 1. The smallest absolute Gasteiger partial charge is 0.267 e. The zero-order chi connectivity index (χ0) is 22.5. The highest BCUT2D eigenvalue weighted by Crippen LogP contribution is 2.36. The number of thioether (sulfide) groups is 1. The Labute approximate surface area is 196 Å². The number of hydrogen-bond acceptors (Lipinski definition) is 5. The summed E-state index contributed by atoms with van der Waals surface area (Å²) >= 11 is 7.75. The third-order valence-electron chi connectivity index (χ3n) is 4.92. The molecular formula is C25H23ClN2O3S. The molecule has 0 radical (unpaired) electrons. The molecule has 3 aromatic rings. The molecule has 32 heavy (non-hydrogen) atoms. The molecule has 0 bridgehead atoms. The molecule has 1 atom stereocenters. The van der Waals surface area contributed by atoms with E-state index in [-0.39, 0.29) is 12.0 Å². The summed E-state index contributed by atoms with van der Waals surface area (Å²) in [7, 11) is 0. The van der Waals surface area contributed by atoms with Gasteiger partial charge in [0.1, 0.15) is 11.5 Å². The fraction of sp³-hybridized carbons (Fsp3) is 0.200. The van der Waals surface area contributed by atoms with Gasteiger partial charge in [-0.05, 0) is 73.1 Å². The summed E-state index contributed by atoms with van der Waals surface area (Å²) < 4.78 is 11.3. The van der Waals surface area contributed by atoms with Gasteiger partial charge in [-0.1, -0.05) is 42.8 Å². The van der Waals surface area contributed by atoms with Crippen LogP contribution in [0.5, 0.6) is 5.75 Å². The van der Waals surface area contributed by atoms with Crippen molar-refractivity contribution in [3.05, 3.63) is 88.2 Å². The summed E-state index contributed by atoms with van der Waals surface area (Å²) in [5.74, 6) is 1.20. The first kappa shape index (κ1) is 22.2. The van der Waals surface area contributed by atoms with Gasteiger partial charge in [0.15, 0.2) is 5.17 Å². The van der Waals surface area contributed by atoms with E-state index in [0.717, 1.165) is 17.7 Å². The van der Waals surface area contributed by atoms with Crippen LogP contribution in [0.2, 0.25) is 5.02 Å². The Balaban J connectivity index is 1.63. The first-order valence-corrected chi connectivity index (χ1v) is 11.6. The maximum atomic E-state index is 13.2. The van der Waals surface area contributed by atoms with Gasteiger partial charge >= 0.3 is 0 Å². The van der Waals surface area contributed by atoms with E-state index in [1.54, 1.807) is 17.2 Å². The number of carbonyl (C=O) groups excluding carboxylic acids is 1. The lowest BCUT2D eigenvalue weighted by molar-refractivity contribution is -0.122. The molecule has 1 unspecified atom stereocenters. The Morgan fingerprint density at radius 3 is 2.69 bits per heavy atom. The third-order valence-corrected chi connectivity index (χ3v) is 6.22. The minimum absolute atomic E-state index is 0.0792. The van der Waals surface area contributed by atoms with Crippen molar-refractivity contribution < 1.29 is 13.9 Å². The molecule has 1 aromatic heterocycles. The normalized spacial score (nSPS) is 17.3. The number of halogens is 1. The number of hydrogen-bond donors (Lipinski definition) is 0. The first-order chi connectivity index (χ1) is 15.5. The molecule has 5 nitrogen and oxygen atoms in total. The van der Waals surface area contributed by atoms with Crippen molar-refractivity contribution in [1.82, 2.24) is 4.90 Å². The van der Waals surface area contributed by atoms with Gasteiger partial charge in [-0.25, -0.2) is 4.99 Å². The molecule has 2 heterocycles. The van der Waals surface area contributed by atoms with Gasteiger partial charge in [0.2, 0.25) is 0 Å². The van der Waals surface area contributed by atoms with Crippen LogP contribution in [-0.2, 0) is 11.3 Å². The van der Waals surface area contributed by atoms with Crippen molar-refractivity contribution in [2.75, 3.05) is 0 Å². The Kier molecular flexibility index (Phi) is 7.02. The summed E-state index contributed by atoms with van der Waals surface area (Å²) in [6.07, 6.45) is 4.39. The second-order valence-electron chi connectivity index (χ2n) is 7.34. The quantitative estimate of drug-likeness (QED) is 0.355. The zero-order valence-corrected chi connectivity index (χ0v) is 19.4. The van der Waals surface area contributed by atoms with E-state index >= 15 is 0 Å². The molecule has 164 valence electrons. The van der Waals surface area contributed by atoms with Crippen molar-refractivity contribution in [1.29, 1.82) is 0 Å². The van der Waals surface area contributed by atoms with Crippen molar-refractivity contribution in [3.63, 3.8) is 0 Å². The van der Waals surface area contributed by atoms with Crippen LogP contribution in [-0.4, -0.2) is 22.1 Å². The molecule has 1 saturated heterocycles. The molecule has 4 rings (SSSR count). The Bertz CT molecular complexity index is 1140. The minimum Gasteiger partial charge on any atom is -0.489 e. The van der Waals surface area contributed by atoms with Gasteiger partial charge in [0.05, 0.1) is 34.5 Å². The first-order valence-electron chi connectivity index (χ1n) is 10.4. The number of para-hydroxylation sites is 1. The standard InChI is InChI=1S/C25H23ClN2O3S/c1-3-17(2)31-22-12-11-18(14-21(22)26)15-23-24(29)28(16-20-10-7-13-30-20)25(32-23)27-19-8-5-4-6-9-19/h4-15,17H,3,16H2,1-2H3/b23-15-,27-25?. The van der Waals surface area contributed by atoms with Crippen LogP contribution < -0.4 is 4.74 Å². The van der Waals surface area contributed by atoms with Gasteiger partial charge in [-0.2, -0.15) is 0 Å². The number of amides is 1. The molecule has 0 spiro atoms. The van der Waals surface area contributed by atoms with Gasteiger partial charge in [0.25, 0.3) is 5.91 Å². The van der Waals surface area contributed by atoms with Crippen LogP contribution in [0, 0.1) is 0 Å². The molecule has 1 amide bonds. The highest BCUT2D eigenvalue weighted by atomic mass is 35.5. The number of aliphatic imine (C=N–C) groups is 1. The zero-order valence-electron chi connectivity index (χ0n) is 17.8. The Hall–Kier alpha value is -2.96. The second kappa shape index (κ2) is 10.1. The minimum atomic E-state index is -0.128. The number of furan rings is 1.